The molecule has 1 atom stereocenters. The van der Waals surface area contributed by atoms with Crippen LogP contribution < -0.4 is 14.8 Å². The quantitative estimate of drug-likeness (QED) is 0.705. The van der Waals surface area contributed by atoms with E-state index in [1.807, 2.05) is 4.72 Å². The molecule has 9 nitrogen and oxygen atoms in total. The number of nitrogens with one attached hydrogen (secondary N) is 2. The van der Waals surface area contributed by atoms with Crippen molar-refractivity contribution in [2.24, 2.45) is 5.92 Å². The summed E-state index contributed by atoms with van der Waals surface area (Å²) in [5.74, 6) is -1.49. The van der Waals surface area contributed by atoms with Crippen molar-refractivity contribution in [2.75, 3.05) is 5.32 Å². The summed E-state index contributed by atoms with van der Waals surface area (Å²) in [5, 5.41) is 5.86. The minimum Gasteiger partial charge on any atom is -0.478 e. The lowest BCUT2D eigenvalue weighted by Crippen LogP contribution is -2.41. The lowest BCUT2D eigenvalue weighted by atomic mass is 10.0. The van der Waals surface area contributed by atoms with E-state index in [-0.39, 0.29) is 28.0 Å². The number of halogens is 3. The standard InChI is InChI=1S/C18H19F3N4O5S/c1-9(2)16-17(27)22-11-6-10(3)13(7-12(11)30-16)31(28,29)24-15(26)8-25-5-4-14(23-25)18(19,20)21/h4-7,9,16H,8H2,1-3H3,(H,22,27)(H,24,26)/t16-/m0/s1. The Morgan fingerprint density at radius 3 is 2.61 bits per heavy atom. The van der Waals surface area contributed by atoms with Crippen molar-refractivity contribution in [1.29, 1.82) is 0 Å². The molecule has 0 spiro atoms. The zero-order valence-corrected chi connectivity index (χ0v) is 17.5. The van der Waals surface area contributed by atoms with Gasteiger partial charge in [-0.25, -0.2) is 13.1 Å². The molecule has 31 heavy (non-hydrogen) atoms. The molecule has 1 aromatic heterocycles. The van der Waals surface area contributed by atoms with Crippen molar-refractivity contribution in [3.05, 3.63) is 35.7 Å². The highest BCUT2D eigenvalue weighted by Gasteiger charge is 2.34. The van der Waals surface area contributed by atoms with E-state index < -0.39 is 40.4 Å². The number of carbonyl (C=O) groups is 2. The van der Waals surface area contributed by atoms with Crippen molar-refractivity contribution in [1.82, 2.24) is 14.5 Å². The Balaban J connectivity index is 1.80. The van der Waals surface area contributed by atoms with Crippen LogP contribution in [0.15, 0.2) is 29.3 Å². The Bertz CT molecular complexity index is 1140. The Hall–Kier alpha value is -3.09. The molecule has 1 aliphatic rings. The third-order valence-electron chi connectivity index (χ3n) is 4.43. The first-order chi connectivity index (χ1) is 14.3. The molecule has 2 N–H and O–H groups in total. The van der Waals surface area contributed by atoms with E-state index in [2.05, 4.69) is 10.4 Å². The van der Waals surface area contributed by atoms with Gasteiger partial charge in [0.15, 0.2) is 11.8 Å². The summed E-state index contributed by atoms with van der Waals surface area (Å²) >= 11 is 0. The summed E-state index contributed by atoms with van der Waals surface area (Å²) < 4.78 is 71.3. The van der Waals surface area contributed by atoms with Gasteiger partial charge in [-0.3, -0.25) is 14.3 Å². The molecule has 3 rings (SSSR count). The molecular formula is C18H19F3N4O5S. The number of sulfonamides is 1. The molecule has 13 heteroatoms. The molecule has 0 saturated carbocycles. The zero-order chi connectivity index (χ0) is 23.1. The number of alkyl halides is 3. The number of ether oxygens (including phenoxy) is 1. The van der Waals surface area contributed by atoms with Gasteiger partial charge in [-0.15, -0.1) is 0 Å². The highest BCUT2D eigenvalue weighted by Crippen LogP contribution is 2.35. The molecule has 0 fully saturated rings. The largest absolute Gasteiger partial charge is 0.478 e. The molecule has 1 aliphatic heterocycles. The fourth-order valence-electron chi connectivity index (χ4n) is 2.97. The number of nitrogens with zero attached hydrogens (tertiary/aromatic N) is 2. The molecule has 2 aromatic rings. The molecule has 1 aromatic carbocycles. The first-order valence-corrected chi connectivity index (χ1v) is 10.5. The molecule has 0 saturated heterocycles. The third kappa shape index (κ3) is 4.81. The Kier molecular flexibility index (Phi) is 5.74. The van der Waals surface area contributed by atoms with Crippen molar-refractivity contribution in [3.63, 3.8) is 0 Å². The lowest BCUT2D eigenvalue weighted by molar-refractivity contribution is -0.141. The number of aryl methyl sites for hydroxylation is 1. The van der Waals surface area contributed by atoms with Crippen molar-refractivity contribution in [3.8, 4) is 5.75 Å². The number of amides is 2. The second-order valence-electron chi connectivity index (χ2n) is 7.31. The fraction of sp³-hybridized carbons (Fsp3) is 0.389. The molecular weight excluding hydrogens is 441 g/mol. The van der Waals surface area contributed by atoms with E-state index >= 15 is 0 Å². The zero-order valence-electron chi connectivity index (χ0n) is 16.6. The number of carbonyl (C=O) groups excluding carboxylic acids is 2. The molecule has 2 heterocycles. The van der Waals surface area contributed by atoms with E-state index in [0.29, 0.717) is 16.4 Å². The van der Waals surface area contributed by atoms with Crippen LogP contribution in [-0.4, -0.2) is 36.1 Å². The maximum atomic E-state index is 12.7. The molecule has 0 bridgehead atoms. The van der Waals surface area contributed by atoms with Crippen LogP contribution in [0.4, 0.5) is 18.9 Å². The predicted molar refractivity (Wildman–Crippen MR) is 102 cm³/mol. The van der Waals surface area contributed by atoms with E-state index in [0.717, 1.165) is 6.20 Å². The van der Waals surface area contributed by atoms with E-state index in [4.69, 9.17) is 4.74 Å². The van der Waals surface area contributed by atoms with Gasteiger partial charge >= 0.3 is 6.18 Å². The van der Waals surface area contributed by atoms with Crippen LogP contribution in [0.1, 0.15) is 25.1 Å². The monoisotopic (exact) mass is 460 g/mol. The van der Waals surface area contributed by atoms with Crippen LogP contribution in [0.25, 0.3) is 0 Å². The van der Waals surface area contributed by atoms with Gasteiger partial charge in [-0.05, 0) is 30.5 Å². The van der Waals surface area contributed by atoms with Gasteiger partial charge in [0.1, 0.15) is 12.3 Å². The summed E-state index contributed by atoms with van der Waals surface area (Å²) in [7, 11) is -4.37. The minimum atomic E-state index is -4.68. The minimum absolute atomic E-state index is 0.124. The number of aromatic nitrogens is 2. The molecule has 0 unspecified atom stereocenters. The summed E-state index contributed by atoms with van der Waals surface area (Å²) in [4.78, 5) is 23.9. The Morgan fingerprint density at radius 1 is 1.35 bits per heavy atom. The van der Waals surface area contributed by atoms with Gasteiger partial charge in [-0.1, -0.05) is 13.8 Å². The fourth-order valence-corrected chi connectivity index (χ4v) is 4.19. The van der Waals surface area contributed by atoms with Crippen LogP contribution in [0.2, 0.25) is 0 Å². The van der Waals surface area contributed by atoms with Gasteiger partial charge in [0.25, 0.3) is 21.8 Å². The Morgan fingerprint density at radius 2 is 2.03 bits per heavy atom. The van der Waals surface area contributed by atoms with E-state index in [1.54, 1.807) is 13.8 Å². The SMILES string of the molecule is Cc1cc2c(cc1S(=O)(=O)NC(=O)Cn1ccc(C(F)(F)F)n1)O[C@@H](C(C)C)C(=O)N2. The van der Waals surface area contributed by atoms with Gasteiger partial charge in [0, 0.05) is 12.3 Å². The number of rotatable bonds is 5. The van der Waals surface area contributed by atoms with Crippen LogP contribution in [0, 0.1) is 12.8 Å². The first kappa shape index (κ1) is 22.6. The van der Waals surface area contributed by atoms with Crippen molar-refractivity contribution in [2.45, 2.75) is 44.5 Å². The molecule has 2 amide bonds. The van der Waals surface area contributed by atoms with Crippen molar-refractivity contribution >= 4 is 27.5 Å². The van der Waals surface area contributed by atoms with Crippen LogP contribution in [-0.2, 0) is 32.3 Å². The number of hydrogen-bond donors (Lipinski definition) is 2. The van der Waals surface area contributed by atoms with Crippen LogP contribution in [0.3, 0.4) is 0 Å². The maximum absolute atomic E-state index is 12.7. The number of anilines is 1. The van der Waals surface area contributed by atoms with Gasteiger partial charge in [0.05, 0.1) is 10.6 Å². The number of fused-ring (bicyclic) bond motifs is 1. The van der Waals surface area contributed by atoms with Gasteiger partial charge in [0.2, 0.25) is 0 Å². The highest BCUT2D eigenvalue weighted by atomic mass is 32.2. The number of benzene rings is 1. The van der Waals surface area contributed by atoms with Crippen molar-refractivity contribution < 1.29 is 35.9 Å². The van der Waals surface area contributed by atoms with Gasteiger partial charge in [-0.2, -0.15) is 18.3 Å². The van der Waals surface area contributed by atoms with Crippen LogP contribution in [0.5, 0.6) is 5.75 Å². The normalized spacial score (nSPS) is 16.5. The Labute approximate surface area is 175 Å². The first-order valence-electron chi connectivity index (χ1n) is 9.06. The highest BCUT2D eigenvalue weighted by molar-refractivity contribution is 7.90. The predicted octanol–water partition coefficient (Wildman–Crippen LogP) is 2.07. The number of hydrogen-bond acceptors (Lipinski definition) is 6. The van der Waals surface area contributed by atoms with E-state index in [9.17, 15) is 31.2 Å². The van der Waals surface area contributed by atoms with Crippen LogP contribution >= 0.6 is 0 Å². The summed E-state index contributed by atoms with van der Waals surface area (Å²) in [6.45, 7) is 4.26. The summed E-state index contributed by atoms with van der Waals surface area (Å²) in [5.41, 5.74) is -0.683. The summed E-state index contributed by atoms with van der Waals surface area (Å²) in [6.07, 6.45) is -4.58. The third-order valence-corrected chi connectivity index (χ3v) is 5.94. The summed E-state index contributed by atoms with van der Waals surface area (Å²) in [6, 6.07) is 3.25. The van der Waals surface area contributed by atoms with Gasteiger partial charge < -0.3 is 10.1 Å². The molecule has 168 valence electrons. The second-order valence-corrected chi connectivity index (χ2v) is 8.96. The molecule has 0 aliphatic carbocycles. The molecule has 0 radical (unpaired) electrons. The maximum Gasteiger partial charge on any atom is 0.435 e. The second kappa shape index (κ2) is 7.87. The topological polar surface area (TPSA) is 119 Å². The smallest absolute Gasteiger partial charge is 0.435 e. The van der Waals surface area contributed by atoms with E-state index in [1.165, 1.54) is 19.1 Å². The average Bonchev–Trinajstić information content (AvgIpc) is 3.08. The lowest BCUT2D eigenvalue weighted by Gasteiger charge is -2.29. The average molecular weight is 460 g/mol.